The van der Waals surface area contributed by atoms with Crippen molar-refractivity contribution in [1.29, 1.82) is 0 Å². The molecule has 109 heavy (non-hydrogen) atoms. The number of benzene rings is 15. The second-order valence-corrected chi connectivity index (χ2v) is 25.2. The lowest BCUT2D eigenvalue weighted by atomic mass is 9.89. The topological polar surface area (TPSA) is 13.0 Å². The quantitative estimate of drug-likeness (QED) is 0.101. The Morgan fingerprint density at radius 3 is 0.624 bits per heavy atom. The maximum absolute atomic E-state index is 2.39. The molecule has 0 heterocycles. The zero-order valence-corrected chi connectivity index (χ0v) is 66.4. The molecular formula is C105H108N4. The molecule has 0 radical (unpaired) electrons. The van der Waals surface area contributed by atoms with Crippen LogP contribution in [0.5, 0.6) is 0 Å². The van der Waals surface area contributed by atoms with Crippen LogP contribution < -0.4 is 19.6 Å². The molecule has 4 heteroatoms. The van der Waals surface area contributed by atoms with E-state index in [9.17, 15) is 0 Å². The van der Waals surface area contributed by atoms with Gasteiger partial charge in [-0.1, -0.05) is 334 Å². The van der Waals surface area contributed by atoms with Gasteiger partial charge in [-0.3, -0.25) is 0 Å². The van der Waals surface area contributed by atoms with E-state index in [1.807, 2.05) is 106 Å². The zero-order chi connectivity index (χ0) is 77.3. The van der Waals surface area contributed by atoms with Gasteiger partial charge < -0.3 is 19.6 Å². The number of fused-ring (bicyclic) bond motifs is 3. The molecule has 0 amide bonds. The second-order valence-electron chi connectivity index (χ2n) is 25.2. The molecule has 1 atom stereocenters. The molecule has 0 aromatic heterocycles. The van der Waals surface area contributed by atoms with Crippen molar-refractivity contribution in [3.05, 3.63) is 433 Å². The van der Waals surface area contributed by atoms with E-state index in [0.29, 0.717) is 0 Å². The fourth-order valence-corrected chi connectivity index (χ4v) is 13.3. The van der Waals surface area contributed by atoms with Gasteiger partial charge in [0.15, 0.2) is 0 Å². The normalized spacial score (nSPS) is 10.9. The van der Waals surface area contributed by atoms with Crippen molar-refractivity contribution in [2.24, 2.45) is 0 Å². The van der Waals surface area contributed by atoms with Crippen LogP contribution in [0.15, 0.2) is 394 Å². The molecule has 0 saturated carbocycles. The number of anilines is 12. The largest absolute Gasteiger partial charge is 0.311 e. The molecule has 16 rings (SSSR count). The smallest absolute Gasteiger partial charge is 0.0463 e. The number of aryl methyl sites for hydroxylation is 4. The standard InChI is InChI=1S/C51H40N2.C38H32N2.C6H6.5C2H6/c1-36-18-24-43(25-19-36)52(41-14-8-4-9-15-41)45-28-30-46(31-29-45)53(42-16-10-5-11-17-42)44-26-21-38(22-27-44)40-23-33-48-50(35-40)49-34-37(2)20-32-47(49)51(48)39-12-6-3-7-13-39;1-29-13-21-35(22-14-29)39(33-9-5-3-6-10-33)37-25-17-31(18-26-37)32-19-27-38(28-20-32)40(34-11-7-4-8-12-34)36-23-15-30(2)16-24-36;1-2-4-6-5-3-1;5*1-2/h3-35,51H,1-2H3;3-28H,1-2H3;1-6H;5*1-2H3. The number of hydrogen-bond donors (Lipinski definition) is 0. The lowest BCUT2D eigenvalue weighted by molar-refractivity contribution is 1.01. The summed E-state index contributed by atoms with van der Waals surface area (Å²) in [6.45, 7) is 28.6. The zero-order valence-electron chi connectivity index (χ0n) is 66.4. The van der Waals surface area contributed by atoms with E-state index in [1.54, 1.807) is 0 Å². The monoisotopic (exact) mass is 1420 g/mol. The van der Waals surface area contributed by atoms with E-state index in [1.165, 1.54) is 72.3 Å². The van der Waals surface area contributed by atoms with E-state index in [0.717, 1.165) is 68.2 Å². The Morgan fingerprint density at radius 1 is 0.165 bits per heavy atom. The van der Waals surface area contributed by atoms with E-state index >= 15 is 0 Å². The predicted molar refractivity (Wildman–Crippen MR) is 477 cm³/mol. The highest BCUT2D eigenvalue weighted by Gasteiger charge is 2.30. The summed E-state index contributed by atoms with van der Waals surface area (Å²) < 4.78 is 0. The lowest BCUT2D eigenvalue weighted by Crippen LogP contribution is -2.12. The van der Waals surface area contributed by atoms with Crippen LogP contribution in [-0.2, 0) is 0 Å². The van der Waals surface area contributed by atoms with Gasteiger partial charge in [0.1, 0.15) is 0 Å². The van der Waals surface area contributed by atoms with Gasteiger partial charge in [0.25, 0.3) is 0 Å². The van der Waals surface area contributed by atoms with Crippen LogP contribution in [0.2, 0.25) is 0 Å². The van der Waals surface area contributed by atoms with E-state index in [2.05, 4.69) is 405 Å². The average Bonchev–Trinajstić information content (AvgIpc) is 1.59. The van der Waals surface area contributed by atoms with Gasteiger partial charge in [-0.05, 0) is 229 Å². The first kappa shape index (κ1) is 80.6. The predicted octanol–water partition coefficient (Wildman–Crippen LogP) is 31.8. The van der Waals surface area contributed by atoms with Crippen LogP contribution in [0, 0.1) is 27.7 Å². The number of hydrogen-bond acceptors (Lipinski definition) is 4. The summed E-state index contributed by atoms with van der Waals surface area (Å²) in [6, 6.07) is 141. The minimum atomic E-state index is 0.251. The molecule has 0 N–H and O–H groups in total. The van der Waals surface area contributed by atoms with Crippen LogP contribution in [0.25, 0.3) is 33.4 Å². The first-order chi connectivity index (χ1) is 53.8. The van der Waals surface area contributed by atoms with Crippen LogP contribution >= 0.6 is 0 Å². The molecule has 0 saturated heterocycles. The summed E-state index contributed by atoms with van der Waals surface area (Å²) in [4.78, 5) is 9.24. The molecule has 0 aliphatic heterocycles. The molecule has 1 aliphatic rings. The Bertz CT molecular complexity index is 4880. The van der Waals surface area contributed by atoms with Gasteiger partial charge in [0, 0.05) is 74.2 Å². The van der Waals surface area contributed by atoms with E-state index in [4.69, 9.17) is 0 Å². The van der Waals surface area contributed by atoms with Gasteiger partial charge in [0.05, 0.1) is 0 Å². The highest BCUT2D eigenvalue weighted by molar-refractivity contribution is 5.87. The first-order valence-electron chi connectivity index (χ1n) is 39.1. The lowest BCUT2D eigenvalue weighted by Gasteiger charge is -2.28. The molecular weight excluding hydrogens is 1320 g/mol. The SMILES string of the molecule is CC.CC.CC.CC.CC.Cc1ccc(N(c2ccccc2)c2ccc(-c3ccc(N(c4ccccc4)c4ccc(C)cc4)cc3)cc2)cc1.Cc1ccc(N(c2ccccc2)c2ccc(N(c3ccccc3)c3ccc(-c4ccc5c(c4)-c4cc(C)ccc4C5c4ccccc4)cc3)cc2)cc1.c1ccccc1. The molecule has 0 fully saturated rings. The Labute approximate surface area is 653 Å². The van der Waals surface area contributed by atoms with E-state index < -0.39 is 0 Å². The molecule has 0 bridgehead atoms. The van der Waals surface area contributed by atoms with Crippen molar-refractivity contribution in [2.45, 2.75) is 103 Å². The molecule has 1 aliphatic carbocycles. The summed E-state index contributed by atoms with van der Waals surface area (Å²) in [7, 11) is 0. The van der Waals surface area contributed by atoms with Crippen molar-refractivity contribution in [3.63, 3.8) is 0 Å². The minimum Gasteiger partial charge on any atom is -0.311 e. The third-order valence-electron chi connectivity index (χ3n) is 18.3. The Balaban J connectivity index is 0.000000216. The van der Waals surface area contributed by atoms with E-state index in [-0.39, 0.29) is 5.92 Å². The van der Waals surface area contributed by atoms with Crippen LogP contribution in [0.1, 0.15) is 114 Å². The van der Waals surface area contributed by atoms with Gasteiger partial charge >= 0.3 is 0 Å². The van der Waals surface area contributed by atoms with Gasteiger partial charge in [-0.25, -0.2) is 0 Å². The maximum atomic E-state index is 2.39. The Kier molecular flexibility index (Phi) is 31.1. The molecule has 548 valence electrons. The summed E-state index contributed by atoms with van der Waals surface area (Å²) in [5.41, 5.74) is 30.1. The van der Waals surface area contributed by atoms with Crippen molar-refractivity contribution in [3.8, 4) is 33.4 Å². The molecule has 4 nitrogen and oxygen atoms in total. The third kappa shape index (κ3) is 20.6. The molecule has 15 aromatic rings. The average molecular weight is 1430 g/mol. The Hall–Kier alpha value is -12.5. The van der Waals surface area contributed by atoms with Crippen molar-refractivity contribution in [2.75, 3.05) is 19.6 Å². The fraction of sp³-hybridized carbons (Fsp3) is 0.143. The highest BCUT2D eigenvalue weighted by Crippen LogP contribution is 2.50. The molecule has 15 aromatic carbocycles. The second kappa shape index (κ2) is 42.0. The summed E-state index contributed by atoms with van der Waals surface area (Å²) >= 11 is 0. The molecule has 1 unspecified atom stereocenters. The number of para-hydroxylation sites is 4. The minimum absolute atomic E-state index is 0.251. The summed E-state index contributed by atoms with van der Waals surface area (Å²) in [5, 5.41) is 0. The van der Waals surface area contributed by atoms with Crippen LogP contribution in [0.3, 0.4) is 0 Å². The summed E-state index contributed by atoms with van der Waals surface area (Å²) in [5.74, 6) is 0.251. The fourth-order valence-electron chi connectivity index (χ4n) is 13.3. The van der Waals surface area contributed by atoms with Gasteiger partial charge in [0.2, 0.25) is 0 Å². The Morgan fingerprint density at radius 2 is 0.349 bits per heavy atom. The third-order valence-corrected chi connectivity index (χ3v) is 18.3. The van der Waals surface area contributed by atoms with Crippen LogP contribution in [-0.4, -0.2) is 0 Å². The number of rotatable bonds is 15. The van der Waals surface area contributed by atoms with Crippen molar-refractivity contribution >= 4 is 68.2 Å². The van der Waals surface area contributed by atoms with Crippen molar-refractivity contribution < 1.29 is 0 Å². The van der Waals surface area contributed by atoms with Crippen LogP contribution in [0.4, 0.5) is 68.2 Å². The highest BCUT2D eigenvalue weighted by atomic mass is 15.2. The van der Waals surface area contributed by atoms with Gasteiger partial charge in [-0.15, -0.1) is 0 Å². The molecule has 0 spiro atoms. The van der Waals surface area contributed by atoms with Gasteiger partial charge in [-0.2, -0.15) is 0 Å². The number of nitrogens with zero attached hydrogens (tertiary/aromatic N) is 4. The van der Waals surface area contributed by atoms with Crippen molar-refractivity contribution in [1.82, 2.24) is 0 Å². The maximum Gasteiger partial charge on any atom is 0.0463 e. The summed E-state index contributed by atoms with van der Waals surface area (Å²) in [6.07, 6.45) is 0. The first-order valence-corrected chi connectivity index (χ1v) is 39.1.